The topological polar surface area (TPSA) is 0 Å². The quantitative estimate of drug-likeness (QED) is 0.565. The minimum absolute atomic E-state index is 0.326. The number of rotatable bonds is 1. The normalized spacial score (nSPS) is 13.3. The molecule has 1 radical (unpaired) electrons. The summed E-state index contributed by atoms with van der Waals surface area (Å²) in [5, 5.41) is 0. The summed E-state index contributed by atoms with van der Waals surface area (Å²) in [5.74, 6) is 0. The van der Waals surface area contributed by atoms with Gasteiger partial charge in [-0.3, -0.25) is 0 Å². The Balaban J connectivity index is 2.14. The molecular weight excluding hydrogens is 216 g/mol. The molecule has 0 aromatic heterocycles. The van der Waals surface area contributed by atoms with Crippen molar-refractivity contribution in [2.75, 3.05) is 0 Å². The maximum atomic E-state index is 2.30. The van der Waals surface area contributed by atoms with E-state index in [1.807, 2.05) is 0 Å². The van der Waals surface area contributed by atoms with E-state index in [1.165, 1.54) is 27.8 Å². The molecule has 0 saturated carbocycles. The highest BCUT2D eigenvalue weighted by molar-refractivity contribution is 5.83. The molecule has 1 aliphatic rings. The molecule has 0 unspecified atom stereocenters. The monoisotopic (exact) mass is 235 g/mol. The fourth-order valence-corrected chi connectivity index (χ4v) is 2.81. The van der Waals surface area contributed by atoms with Crippen LogP contribution in [0, 0.1) is 11.8 Å². The summed E-state index contributed by atoms with van der Waals surface area (Å²) in [6.07, 6.45) is 3.43. The lowest BCUT2D eigenvalue weighted by atomic mass is 9.84. The van der Waals surface area contributed by atoms with Gasteiger partial charge in [-0.2, -0.15) is 0 Å². The molecule has 18 heavy (non-hydrogen) atoms. The van der Waals surface area contributed by atoms with Crippen LogP contribution in [0.25, 0.3) is 11.1 Å². The van der Waals surface area contributed by atoms with Gasteiger partial charge < -0.3 is 0 Å². The van der Waals surface area contributed by atoms with Crippen LogP contribution in [-0.4, -0.2) is 0 Å². The van der Waals surface area contributed by atoms with Gasteiger partial charge in [-0.25, -0.2) is 0 Å². The van der Waals surface area contributed by atoms with Crippen LogP contribution in [-0.2, 0) is 6.42 Å². The Morgan fingerprint density at radius 2 is 1.56 bits per heavy atom. The highest BCUT2D eigenvalue weighted by Crippen LogP contribution is 2.41. The van der Waals surface area contributed by atoms with Crippen molar-refractivity contribution in [1.82, 2.24) is 0 Å². The lowest BCUT2D eigenvalue weighted by Crippen LogP contribution is -2.10. The molecule has 0 spiro atoms. The molecule has 0 nitrogen and oxygen atoms in total. The van der Waals surface area contributed by atoms with Crippen LogP contribution in [0.15, 0.2) is 42.5 Å². The predicted octanol–water partition coefficient (Wildman–Crippen LogP) is 4.86. The molecule has 0 N–H and O–H groups in total. The van der Waals surface area contributed by atoms with Crippen molar-refractivity contribution >= 4 is 0 Å². The van der Waals surface area contributed by atoms with Gasteiger partial charge in [0.05, 0.1) is 0 Å². The third-order valence-corrected chi connectivity index (χ3v) is 3.44. The molecule has 0 heterocycles. The molecule has 1 aliphatic carbocycles. The van der Waals surface area contributed by atoms with Gasteiger partial charge in [0, 0.05) is 6.42 Å². The zero-order valence-corrected chi connectivity index (χ0v) is 11.3. The second-order valence-electron chi connectivity index (χ2n) is 6.35. The Labute approximate surface area is 110 Å². The lowest BCUT2D eigenvalue weighted by Gasteiger charge is -2.20. The van der Waals surface area contributed by atoms with E-state index in [2.05, 4.69) is 69.7 Å². The zero-order valence-electron chi connectivity index (χ0n) is 11.3. The van der Waals surface area contributed by atoms with E-state index in [9.17, 15) is 0 Å². The van der Waals surface area contributed by atoms with Crippen LogP contribution in [0.4, 0.5) is 0 Å². The van der Waals surface area contributed by atoms with Crippen molar-refractivity contribution in [2.24, 2.45) is 5.41 Å². The van der Waals surface area contributed by atoms with E-state index in [4.69, 9.17) is 0 Å². The second kappa shape index (κ2) is 3.98. The number of benzene rings is 2. The van der Waals surface area contributed by atoms with Gasteiger partial charge in [-0.1, -0.05) is 63.2 Å². The first-order valence-electron chi connectivity index (χ1n) is 6.61. The molecule has 0 amide bonds. The third kappa shape index (κ3) is 1.96. The first-order chi connectivity index (χ1) is 8.54. The van der Waals surface area contributed by atoms with E-state index in [-0.39, 0.29) is 0 Å². The van der Waals surface area contributed by atoms with Crippen LogP contribution in [0.3, 0.4) is 0 Å². The maximum absolute atomic E-state index is 2.30. The van der Waals surface area contributed by atoms with E-state index >= 15 is 0 Å². The molecule has 0 saturated heterocycles. The van der Waals surface area contributed by atoms with Crippen LogP contribution in [0.1, 0.15) is 37.5 Å². The molecule has 3 rings (SSSR count). The molecule has 2 aromatic rings. The van der Waals surface area contributed by atoms with Crippen molar-refractivity contribution < 1.29 is 0 Å². The van der Waals surface area contributed by atoms with Gasteiger partial charge in [0.25, 0.3) is 0 Å². The summed E-state index contributed by atoms with van der Waals surface area (Å²) in [4.78, 5) is 0. The van der Waals surface area contributed by atoms with Gasteiger partial charge in [-0.15, -0.1) is 0 Å². The first kappa shape index (κ1) is 11.5. The summed E-state index contributed by atoms with van der Waals surface area (Å²) in [7, 11) is 0. The van der Waals surface area contributed by atoms with Crippen LogP contribution >= 0.6 is 0 Å². The predicted molar refractivity (Wildman–Crippen MR) is 77.5 cm³/mol. The smallest absolute Gasteiger partial charge is 0.0212 e. The average molecular weight is 235 g/mol. The highest BCUT2D eigenvalue weighted by Gasteiger charge is 2.23. The molecule has 0 atom stereocenters. The van der Waals surface area contributed by atoms with Crippen LogP contribution < -0.4 is 0 Å². The van der Waals surface area contributed by atoms with E-state index < -0.39 is 0 Å². The molecule has 0 heteroatoms. The Kier molecular flexibility index (Phi) is 2.55. The zero-order chi connectivity index (χ0) is 12.8. The van der Waals surface area contributed by atoms with Crippen LogP contribution in [0.2, 0.25) is 0 Å². The summed E-state index contributed by atoms with van der Waals surface area (Å²) >= 11 is 0. The van der Waals surface area contributed by atoms with Gasteiger partial charge in [-0.05, 0) is 39.7 Å². The molecular formula is C18H19. The Hall–Kier alpha value is -1.56. The second-order valence-corrected chi connectivity index (χ2v) is 6.35. The van der Waals surface area contributed by atoms with Gasteiger partial charge in [0.2, 0.25) is 0 Å². The number of fused-ring (bicyclic) bond motifs is 3. The first-order valence-corrected chi connectivity index (χ1v) is 6.61. The van der Waals surface area contributed by atoms with Crippen molar-refractivity contribution in [3.05, 3.63) is 65.6 Å². The molecule has 2 aromatic carbocycles. The Bertz CT molecular complexity index is 585. The van der Waals surface area contributed by atoms with Crippen molar-refractivity contribution in [1.29, 1.82) is 0 Å². The van der Waals surface area contributed by atoms with Gasteiger partial charge >= 0.3 is 0 Å². The van der Waals surface area contributed by atoms with Gasteiger partial charge in [0.15, 0.2) is 0 Å². The van der Waals surface area contributed by atoms with E-state index in [1.54, 1.807) is 0 Å². The third-order valence-electron chi connectivity index (χ3n) is 3.44. The van der Waals surface area contributed by atoms with Crippen molar-refractivity contribution in [2.45, 2.75) is 27.2 Å². The number of hydrogen-bond acceptors (Lipinski definition) is 0. The lowest BCUT2D eigenvalue weighted by molar-refractivity contribution is 0.412. The Morgan fingerprint density at radius 1 is 0.833 bits per heavy atom. The van der Waals surface area contributed by atoms with E-state index in [0.717, 1.165) is 6.42 Å². The van der Waals surface area contributed by atoms with Crippen molar-refractivity contribution in [3.63, 3.8) is 0 Å². The van der Waals surface area contributed by atoms with Gasteiger partial charge in [0.1, 0.15) is 0 Å². The number of hydrogen-bond donors (Lipinski definition) is 0. The summed E-state index contributed by atoms with van der Waals surface area (Å²) in [6, 6.07) is 15.4. The summed E-state index contributed by atoms with van der Waals surface area (Å²) in [6.45, 7) is 6.91. The largest absolute Gasteiger partial charge is 0.0619 e. The fraction of sp³-hybridized carbons (Fsp3) is 0.278. The SMILES string of the molecule is CC(C)(C)Cc1cccc2c1-c1ccccc1[CH]2. The highest BCUT2D eigenvalue weighted by atomic mass is 14.3. The average Bonchev–Trinajstić information content (AvgIpc) is 2.66. The standard InChI is InChI=1S/C18H19/c1-18(2,3)12-15-9-6-8-14-11-13-7-4-5-10-16(13)17(14)15/h4-11H,12H2,1-3H3. The summed E-state index contributed by atoms with van der Waals surface area (Å²) in [5.41, 5.74) is 7.37. The minimum Gasteiger partial charge on any atom is -0.0619 e. The van der Waals surface area contributed by atoms with Crippen LogP contribution in [0.5, 0.6) is 0 Å². The van der Waals surface area contributed by atoms with E-state index in [0.29, 0.717) is 5.41 Å². The molecule has 0 aliphatic heterocycles. The molecule has 91 valence electrons. The fourth-order valence-electron chi connectivity index (χ4n) is 2.81. The summed E-state index contributed by atoms with van der Waals surface area (Å²) < 4.78 is 0. The minimum atomic E-state index is 0.326. The Morgan fingerprint density at radius 3 is 2.33 bits per heavy atom. The van der Waals surface area contributed by atoms with Crippen molar-refractivity contribution in [3.8, 4) is 11.1 Å². The molecule has 0 fully saturated rings. The maximum Gasteiger partial charge on any atom is 0.0212 e. The molecule has 0 bridgehead atoms.